The van der Waals surface area contributed by atoms with Gasteiger partial charge in [0.25, 0.3) is 0 Å². The van der Waals surface area contributed by atoms with Gasteiger partial charge in [-0.15, -0.1) is 0 Å². The number of hydrogen-bond donors (Lipinski definition) is 2. The van der Waals surface area contributed by atoms with E-state index in [1.807, 2.05) is 6.92 Å². The van der Waals surface area contributed by atoms with Crippen molar-refractivity contribution in [3.05, 3.63) is 17.8 Å². The molecule has 0 aromatic carbocycles. The molecule has 1 aliphatic carbocycles. The Kier molecular flexibility index (Phi) is 2.37. The quantitative estimate of drug-likeness (QED) is 0.799. The summed E-state index contributed by atoms with van der Waals surface area (Å²) in [5, 5.41) is 2.85. The highest BCUT2D eigenvalue weighted by Gasteiger charge is 2.50. The first kappa shape index (κ1) is 10.9. The molecule has 1 atom stereocenters. The highest BCUT2D eigenvalue weighted by atomic mass is 16.2. The van der Waals surface area contributed by atoms with E-state index in [1.165, 1.54) is 0 Å². The van der Waals surface area contributed by atoms with Gasteiger partial charge in [0, 0.05) is 5.92 Å². The number of anilines is 2. The lowest BCUT2D eigenvalue weighted by molar-refractivity contribution is -0.118. The van der Waals surface area contributed by atoms with Crippen LogP contribution >= 0.6 is 0 Å². The van der Waals surface area contributed by atoms with Gasteiger partial charge >= 0.3 is 0 Å². The minimum atomic E-state index is 0.0605. The van der Waals surface area contributed by atoms with Crippen molar-refractivity contribution in [2.45, 2.75) is 27.2 Å². The van der Waals surface area contributed by atoms with E-state index in [9.17, 15) is 4.79 Å². The SMILES string of the molecule is Cc1cc(N)cnc1NC(=O)C1CC1(C)C. The number of aromatic nitrogens is 1. The number of carbonyl (C=O) groups excluding carboxylic acids is 1. The van der Waals surface area contributed by atoms with Gasteiger partial charge in [0.05, 0.1) is 11.9 Å². The molecule has 0 aliphatic heterocycles. The van der Waals surface area contributed by atoms with Crippen molar-refractivity contribution < 1.29 is 4.79 Å². The van der Waals surface area contributed by atoms with Gasteiger partial charge in [0.1, 0.15) is 5.82 Å². The van der Waals surface area contributed by atoms with Crippen molar-refractivity contribution in [3.63, 3.8) is 0 Å². The van der Waals surface area contributed by atoms with Gasteiger partial charge in [0.2, 0.25) is 5.91 Å². The Morgan fingerprint density at radius 3 is 2.75 bits per heavy atom. The summed E-state index contributed by atoms with van der Waals surface area (Å²) in [6.07, 6.45) is 2.51. The normalized spacial score (nSPS) is 21.6. The van der Waals surface area contributed by atoms with Crippen LogP contribution in [0.5, 0.6) is 0 Å². The molecule has 1 aromatic rings. The second-order valence-electron chi connectivity index (χ2n) is 5.17. The van der Waals surface area contributed by atoms with Crippen molar-refractivity contribution in [3.8, 4) is 0 Å². The largest absolute Gasteiger partial charge is 0.397 e. The lowest BCUT2D eigenvalue weighted by atomic mass is 10.1. The Morgan fingerprint density at radius 2 is 2.25 bits per heavy atom. The van der Waals surface area contributed by atoms with Crippen LogP contribution in [-0.2, 0) is 4.79 Å². The standard InChI is InChI=1S/C12H17N3O/c1-7-4-8(13)6-14-10(7)15-11(16)9-5-12(9,2)3/h4,6,9H,5,13H2,1-3H3,(H,14,15,16). The number of aryl methyl sites for hydroxylation is 1. The van der Waals surface area contributed by atoms with Gasteiger partial charge in [-0.2, -0.15) is 0 Å². The second kappa shape index (κ2) is 3.47. The molecule has 0 spiro atoms. The van der Waals surface area contributed by atoms with Gasteiger partial charge in [-0.3, -0.25) is 4.79 Å². The van der Waals surface area contributed by atoms with Crippen molar-refractivity contribution in [2.24, 2.45) is 11.3 Å². The van der Waals surface area contributed by atoms with Crippen molar-refractivity contribution in [1.82, 2.24) is 4.98 Å². The molecule has 1 amide bonds. The molecule has 0 saturated heterocycles. The molecule has 4 nitrogen and oxygen atoms in total. The molecule has 1 aromatic heterocycles. The first-order valence-corrected chi connectivity index (χ1v) is 5.43. The van der Waals surface area contributed by atoms with Crippen LogP contribution in [-0.4, -0.2) is 10.9 Å². The van der Waals surface area contributed by atoms with Crippen LogP contribution in [0.15, 0.2) is 12.3 Å². The second-order valence-corrected chi connectivity index (χ2v) is 5.17. The van der Waals surface area contributed by atoms with E-state index in [4.69, 9.17) is 5.73 Å². The molecular formula is C12H17N3O. The maximum absolute atomic E-state index is 11.8. The Balaban J connectivity index is 2.07. The third-order valence-corrected chi connectivity index (χ3v) is 3.17. The number of nitrogen functional groups attached to an aromatic ring is 1. The molecular weight excluding hydrogens is 202 g/mol. The number of pyridine rings is 1. The fourth-order valence-corrected chi connectivity index (χ4v) is 1.85. The highest BCUT2D eigenvalue weighted by molar-refractivity contribution is 5.94. The summed E-state index contributed by atoms with van der Waals surface area (Å²) in [6, 6.07) is 1.81. The van der Waals surface area contributed by atoms with E-state index in [0.29, 0.717) is 11.5 Å². The van der Waals surface area contributed by atoms with Gasteiger partial charge < -0.3 is 11.1 Å². The molecule has 2 rings (SSSR count). The Labute approximate surface area is 95.3 Å². The maximum atomic E-state index is 11.8. The first-order chi connectivity index (χ1) is 7.40. The molecule has 1 unspecified atom stereocenters. The molecule has 86 valence electrons. The zero-order valence-corrected chi connectivity index (χ0v) is 9.87. The molecule has 0 bridgehead atoms. The lowest BCUT2D eigenvalue weighted by Crippen LogP contribution is -2.18. The van der Waals surface area contributed by atoms with E-state index in [1.54, 1.807) is 12.3 Å². The Hall–Kier alpha value is -1.58. The monoisotopic (exact) mass is 219 g/mol. The highest BCUT2D eigenvalue weighted by Crippen LogP contribution is 2.51. The summed E-state index contributed by atoms with van der Waals surface area (Å²) in [5.74, 6) is 0.790. The van der Waals surface area contributed by atoms with Crippen molar-refractivity contribution in [2.75, 3.05) is 11.1 Å². The average molecular weight is 219 g/mol. The van der Waals surface area contributed by atoms with Crippen LogP contribution < -0.4 is 11.1 Å². The summed E-state index contributed by atoms with van der Waals surface area (Å²) in [4.78, 5) is 16.0. The number of carbonyl (C=O) groups is 1. The summed E-state index contributed by atoms with van der Waals surface area (Å²) in [7, 11) is 0. The predicted octanol–water partition coefficient (Wildman–Crippen LogP) is 1.96. The van der Waals surface area contributed by atoms with E-state index in [0.717, 1.165) is 12.0 Å². The van der Waals surface area contributed by atoms with E-state index >= 15 is 0 Å². The fourth-order valence-electron chi connectivity index (χ4n) is 1.85. The van der Waals surface area contributed by atoms with Crippen LogP contribution in [0.1, 0.15) is 25.8 Å². The Morgan fingerprint density at radius 1 is 1.62 bits per heavy atom. The van der Waals surface area contributed by atoms with Crippen LogP contribution in [0, 0.1) is 18.3 Å². The Bertz CT molecular complexity index is 440. The molecule has 1 saturated carbocycles. The summed E-state index contributed by atoms with van der Waals surface area (Å²) in [6.45, 7) is 6.08. The van der Waals surface area contributed by atoms with Crippen molar-refractivity contribution in [1.29, 1.82) is 0 Å². The maximum Gasteiger partial charge on any atom is 0.229 e. The van der Waals surface area contributed by atoms with Crippen LogP contribution in [0.3, 0.4) is 0 Å². The molecule has 1 aliphatic rings. The predicted molar refractivity (Wildman–Crippen MR) is 63.9 cm³/mol. The summed E-state index contributed by atoms with van der Waals surface area (Å²) >= 11 is 0. The van der Waals surface area contributed by atoms with E-state index < -0.39 is 0 Å². The summed E-state index contributed by atoms with van der Waals surface area (Å²) in [5.41, 5.74) is 7.25. The molecule has 4 heteroatoms. The fraction of sp³-hybridized carbons (Fsp3) is 0.500. The first-order valence-electron chi connectivity index (χ1n) is 5.43. The number of nitrogens with zero attached hydrogens (tertiary/aromatic N) is 1. The third kappa shape index (κ3) is 2.01. The van der Waals surface area contributed by atoms with Crippen LogP contribution in [0.25, 0.3) is 0 Å². The van der Waals surface area contributed by atoms with E-state index in [-0.39, 0.29) is 17.2 Å². The lowest BCUT2D eigenvalue weighted by Gasteiger charge is -2.08. The van der Waals surface area contributed by atoms with Gasteiger partial charge in [-0.25, -0.2) is 4.98 Å². The van der Waals surface area contributed by atoms with Crippen LogP contribution in [0.4, 0.5) is 11.5 Å². The summed E-state index contributed by atoms with van der Waals surface area (Å²) < 4.78 is 0. The van der Waals surface area contributed by atoms with Gasteiger partial charge in [-0.05, 0) is 30.4 Å². The molecule has 1 heterocycles. The minimum Gasteiger partial charge on any atom is -0.397 e. The number of rotatable bonds is 2. The molecule has 16 heavy (non-hydrogen) atoms. The number of hydrogen-bond acceptors (Lipinski definition) is 3. The molecule has 1 fully saturated rings. The minimum absolute atomic E-state index is 0.0605. The number of amides is 1. The zero-order chi connectivity index (χ0) is 11.9. The van der Waals surface area contributed by atoms with Crippen LogP contribution in [0.2, 0.25) is 0 Å². The topological polar surface area (TPSA) is 68.0 Å². The number of nitrogens with two attached hydrogens (primary N) is 1. The molecule has 3 N–H and O–H groups in total. The smallest absolute Gasteiger partial charge is 0.229 e. The third-order valence-electron chi connectivity index (χ3n) is 3.17. The number of nitrogens with one attached hydrogen (secondary N) is 1. The van der Waals surface area contributed by atoms with Gasteiger partial charge in [-0.1, -0.05) is 13.8 Å². The van der Waals surface area contributed by atoms with E-state index in [2.05, 4.69) is 24.1 Å². The zero-order valence-electron chi connectivity index (χ0n) is 9.87. The van der Waals surface area contributed by atoms with Gasteiger partial charge in [0.15, 0.2) is 0 Å². The molecule has 0 radical (unpaired) electrons. The average Bonchev–Trinajstić information content (AvgIpc) is 2.80. The van der Waals surface area contributed by atoms with Crippen molar-refractivity contribution >= 4 is 17.4 Å².